The first-order chi connectivity index (χ1) is 13.9. The molecule has 0 aliphatic carbocycles. The van der Waals surface area contributed by atoms with Crippen molar-refractivity contribution in [3.63, 3.8) is 0 Å². The van der Waals surface area contributed by atoms with Crippen molar-refractivity contribution in [1.82, 2.24) is 19.9 Å². The number of fused-ring (bicyclic) bond motifs is 1. The van der Waals surface area contributed by atoms with Gasteiger partial charge < -0.3 is 9.64 Å². The minimum Gasteiger partial charge on any atom is -0.377 e. The summed E-state index contributed by atoms with van der Waals surface area (Å²) in [5, 5.41) is 1.11. The highest BCUT2D eigenvalue weighted by Crippen LogP contribution is 2.28. The molecule has 2 fully saturated rings. The number of pyridine rings is 1. The van der Waals surface area contributed by atoms with Crippen LogP contribution in [0.15, 0.2) is 48.8 Å². The van der Waals surface area contributed by atoms with Gasteiger partial charge in [-0.2, -0.15) is 0 Å². The Morgan fingerprint density at radius 1 is 1.00 bits per heavy atom. The third-order valence-corrected chi connectivity index (χ3v) is 5.66. The van der Waals surface area contributed by atoms with E-state index in [0.717, 1.165) is 67.4 Å². The Balaban J connectivity index is 1.40. The molecule has 2 saturated heterocycles. The van der Waals surface area contributed by atoms with Crippen LogP contribution in [0.5, 0.6) is 0 Å². The summed E-state index contributed by atoms with van der Waals surface area (Å²) in [5.74, 6) is 1.77. The van der Waals surface area contributed by atoms with Crippen LogP contribution in [-0.4, -0.2) is 65.3 Å². The van der Waals surface area contributed by atoms with Crippen molar-refractivity contribution in [2.45, 2.75) is 18.9 Å². The minimum atomic E-state index is 0.420. The standard InChI is InChI=1S/C22H25N5O/c1-2-8-20-19(7-1)22(25-21(24-20)17-5-3-9-23-15-17)27-12-10-26(11-13-27)16-18-6-4-14-28-18/h1-3,5,7-9,15,18H,4,6,10-14,16H2/t18-/m1/s1. The van der Waals surface area contributed by atoms with E-state index >= 15 is 0 Å². The first kappa shape index (κ1) is 17.5. The average molecular weight is 375 g/mol. The molecule has 3 aromatic rings. The van der Waals surface area contributed by atoms with Crippen molar-refractivity contribution in [2.75, 3.05) is 44.2 Å². The van der Waals surface area contributed by atoms with Gasteiger partial charge in [0.1, 0.15) is 5.82 Å². The van der Waals surface area contributed by atoms with Crippen LogP contribution in [0.3, 0.4) is 0 Å². The molecule has 4 heterocycles. The number of nitrogens with zero attached hydrogens (tertiary/aromatic N) is 5. The maximum absolute atomic E-state index is 5.81. The number of para-hydroxylation sites is 1. The summed E-state index contributed by atoms with van der Waals surface area (Å²) in [7, 11) is 0. The van der Waals surface area contributed by atoms with Crippen molar-refractivity contribution >= 4 is 16.7 Å². The number of rotatable bonds is 4. The number of hydrogen-bond donors (Lipinski definition) is 0. The van der Waals surface area contributed by atoms with Gasteiger partial charge in [-0.3, -0.25) is 9.88 Å². The van der Waals surface area contributed by atoms with Crippen LogP contribution in [0.25, 0.3) is 22.3 Å². The normalized spacial score (nSPS) is 20.7. The van der Waals surface area contributed by atoms with E-state index in [1.165, 1.54) is 12.8 Å². The Labute approximate surface area is 165 Å². The van der Waals surface area contributed by atoms with Gasteiger partial charge in [-0.25, -0.2) is 9.97 Å². The summed E-state index contributed by atoms with van der Waals surface area (Å²) in [6, 6.07) is 12.2. The lowest BCUT2D eigenvalue weighted by atomic mass is 10.1. The molecule has 144 valence electrons. The van der Waals surface area contributed by atoms with E-state index in [9.17, 15) is 0 Å². The molecule has 0 amide bonds. The molecule has 0 spiro atoms. The quantitative estimate of drug-likeness (QED) is 0.699. The minimum absolute atomic E-state index is 0.420. The van der Waals surface area contributed by atoms with Crippen LogP contribution in [-0.2, 0) is 4.74 Å². The molecule has 1 atom stereocenters. The highest BCUT2D eigenvalue weighted by atomic mass is 16.5. The molecule has 0 bridgehead atoms. The summed E-state index contributed by atoms with van der Waals surface area (Å²) < 4.78 is 5.81. The molecule has 5 rings (SSSR count). The third-order valence-electron chi connectivity index (χ3n) is 5.66. The fourth-order valence-corrected chi connectivity index (χ4v) is 4.14. The van der Waals surface area contributed by atoms with Crippen molar-refractivity contribution in [1.29, 1.82) is 0 Å². The summed E-state index contributed by atoms with van der Waals surface area (Å²) in [6.07, 6.45) is 6.43. The summed E-state index contributed by atoms with van der Waals surface area (Å²) >= 11 is 0. The molecule has 2 aromatic heterocycles. The van der Waals surface area contributed by atoms with Gasteiger partial charge in [0.15, 0.2) is 5.82 Å². The van der Waals surface area contributed by atoms with E-state index in [-0.39, 0.29) is 0 Å². The van der Waals surface area contributed by atoms with Crippen molar-refractivity contribution in [2.24, 2.45) is 0 Å². The number of piperazine rings is 1. The molecule has 28 heavy (non-hydrogen) atoms. The van der Waals surface area contributed by atoms with Crippen LogP contribution in [0.4, 0.5) is 5.82 Å². The lowest BCUT2D eigenvalue weighted by Crippen LogP contribution is -2.48. The fraction of sp³-hybridized carbons (Fsp3) is 0.409. The molecule has 0 N–H and O–H groups in total. The SMILES string of the molecule is c1cncc(-c2nc(N3CCN(C[C@H]4CCCO4)CC3)c3ccccc3n2)c1. The molecule has 0 saturated carbocycles. The zero-order chi connectivity index (χ0) is 18.8. The molecule has 2 aliphatic rings. The monoisotopic (exact) mass is 375 g/mol. The van der Waals surface area contributed by atoms with E-state index in [2.05, 4.69) is 33.0 Å². The van der Waals surface area contributed by atoms with E-state index in [1.807, 2.05) is 24.4 Å². The van der Waals surface area contributed by atoms with Crippen molar-refractivity contribution < 1.29 is 4.74 Å². The highest BCUT2D eigenvalue weighted by Gasteiger charge is 2.24. The second-order valence-electron chi connectivity index (χ2n) is 7.55. The third kappa shape index (κ3) is 3.57. The van der Waals surface area contributed by atoms with Crippen molar-refractivity contribution in [3.8, 4) is 11.4 Å². The topological polar surface area (TPSA) is 54.4 Å². The lowest BCUT2D eigenvalue weighted by molar-refractivity contribution is 0.0712. The Morgan fingerprint density at radius 3 is 2.68 bits per heavy atom. The Kier molecular flexibility index (Phi) is 4.89. The van der Waals surface area contributed by atoms with Gasteiger partial charge in [-0.1, -0.05) is 12.1 Å². The zero-order valence-electron chi connectivity index (χ0n) is 16.0. The average Bonchev–Trinajstić information content (AvgIpc) is 3.27. The van der Waals surface area contributed by atoms with E-state index < -0.39 is 0 Å². The maximum atomic E-state index is 5.81. The second-order valence-corrected chi connectivity index (χ2v) is 7.55. The van der Waals surface area contributed by atoms with Crippen molar-refractivity contribution in [3.05, 3.63) is 48.8 Å². The summed E-state index contributed by atoms with van der Waals surface area (Å²) in [5.41, 5.74) is 1.93. The smallest absolute Gasteiger partial charge is 0.163 e. The number of aromatic nitrogens is 3. The number of hydrogen-bond acceptors (Lipinski definition) is 6. The number of anilines is 1. The van der Waals surface area contributed by atoms with Crippen LogP contribution in [0.1, 0.15) is 12.8 Å². The molecule has 1 aromatic carbocycles. The summed E-state index contributed by atoms with van der Waals surface area (Å²) in [6.45, 7) is 6.01. The van der Waals surface area contributed by atoms with Gasteiger partial charge in [-0.05, 0) is 37.1 Å². The lowest BCUT2D eigenvalue weighted by Gasteiger charge is -2.36. The Hall–Kier alpha value is -2.57. The fourth-order valence-electron chi connectivity index (χ4n) is 4.14. The summed E-state index contributed by atoms with van der Waals surface area (Å²) in [4.78, 5) is 18.9. The molecule has 6 nitrogen and oxygen atoms in total. The van der Waals surface area contributed by atoms with Crippen LogP contribution >= 0.6 is 0 Å². The van der Waals surface area contributed by atoms with Crippen LogP contribution < -0.4 is 4.90 Å². The molecule has 6 heteroatoms. The van der Waals surface area contributed by atoms with Gasteiger partial charge in [0.05, 0.1) is 11.6 Å². The molecule has 0 radical (unpaired) electrons. The van der Waals surface area contributed by atoms with Gasteiger partial charge >= 0.3 is 0 Å². The van der Waals surface area contributed by atoms with Crippen LogP contribution in [0, 0.1) is 0 Å². The first-order valence-corrected chi connectivity index (χ1v) is 10.1. The predicted octanol–water partition coefficient (Wildman–Crippen LogP) is 2.99. The van der Waals surface area contributed by atoms with Gasteiger partial charge in [0.2, 0.25) is 0 Å². The predicted molar refractivity (Wildman–Crippen MR) is 110 cm³/mol. The molecule has 2 aliphatic heterocycles. The van der Waals surface area contributed by atoms with E-state index in [1.54, 1.807) is 6.20 Å². The largest absolute Gasteiger partial charge is 0.377 e. The maximum Gasteiger partial charge on any atom is 0.163 e. The molecular formula is C22H25N5O. The Bertz CT molecular complexity index is 934. The van der Waals surface area contributed by atoms with Gasteiger partial charge in [0.25, 0.3) is 0 Å². The van der Waals surface area contributed by atoms with E-state index in [0.29, 0.717) is 6.10 Å². The second kappa shape index (κ2) is 7.81. The molecule has 0 unspecified atom stereocenters. The first-order valence-electron chi connectivity index (χ1n) is 10.1. The number of ether oxygens (including phenoxy) is 1. The van der Waals surface area contributed by atoms with Gasteiger partial charge in [0, 0.05) is 62.7 Å². The zero-order valence-corrected chi connectivity index (χ0v) is 16.0. The van der Waals surface area contributed by atoms with E-state index in [4.69, 9.17) is 14.7 Å². The number of benzene rings is 1. The van der Waals surface area contributed by atoms with Crippen LogP contribution in [0.2, 0.25) is 0 Å². The van der Waals surface area contributed by atoms with Gasteiger partial charge in [-0.15, -0.1) is 0 Å². The molecular weight excluding hydrogens is 350 g/mol. The highest BCUT2D eigenvalue weighted by molar-refractivity contribution is 5.91. The Morgan fingerprint density at radius 2 is 1.89 bits per heavy atom.